The number of phenols is 1. The van der Waals surface area contributed by atoms with Crippen molar-refractivity contribution in [2.75, 3.05) is 6.54 Å². The van der Waals surface area contributed by atoms with Gasteiger partial charge in [0.05, 0.1) is 18.1 Å². The van der Waals surface area contributed by atoms with Gasteiger partial charge < -0.3 is 15.0 Å². The number of phenolic OH excluding ortho intramolecular Hbond substituents is 1. The summed E-state index contributed by atoms with van der Waals surface area (Å²) in [6.45, 7) is 0.308. The first-order chi connectivity index (χ1) is 14.2. The monoisotopic (exact) mass is 389 g/mol. The second-order valence-electron chi connectivity index (χ2n) is 7.37. The minimum Gasteiger partial charge on any atom is -0.508 e. The van der Waals surface area contributed by atoms with E-state index in [4.69, 9.17) is 10.2 Å². The lowest BCUT2D eigenvalue weighted by Gasteiger charge is -2.25. The molecule has 0 unspecified atom stereocenters. The van der Waals surface area contributed by atoms with Crippen molar-refractivity contribution >= 4 is 17.1 Å². The summed E-state index contributed by atoms with van der Waals surface area (Å²) in [5, 5.41) is 21.0. The molecule has 29 heavy (non-hydrogen) atoms. The number of hydrogen-bond acceptors (Lipinski definition) is 5. The molecule has 1 fully saturated rings. The van der Waals surface area contributed by atoms with Gasteiger partial charge in [0.25, 0.3) is 5.91 Å². The van der Waals surface area contributed by atoms with Crippen molar-refractivity contribution in [2.45, 2.75) is 44.6 Å². The fourth-order valence-electron chi connectivity index (χ4n) is 3.94. The molecule has 148 valence electrons. The zero-order valence-corrected chi connectivity index (χ0v) is 16.1. The lowest BCUT2D eigenvalue weighted by atomic mass is 9.95. The van der Waals surface area contributed by atoms with Crippen molar-refractivity contribution in [3.05, 3.63) is 42.1 Å². The van der Waals surface area contributed by atoms with Crippen molar-refractivity contribution in [1.82, 2.24) is 19.9 Å². The Morgan fingerprint density at radius 2 is 2.00 bits per heavy atom. The van der Waals surface area contributed by atoms with Crippen LogP contribution in [0.2, 0.25) is 0 Å². The molecule has 3 aromatic rings. The summed E-state index contributed by atoms with van der Waals surface area (Å²) in [7, 11) is 0. The molecule has 1 amide bonds. The predicted octanol–water partition coefficient (Wildman–Crippen LogP) is 3.95. The fourth-order valence-corrected chi connectivity index (χ4v) is 3.94. The second-order valence-corrected chi connectivity index (χ2v) is 7.37. The molecule has 2 aromatic heterocycles. The zero-order chi connectivity index (χ0) is 20.2. The minimum absolute atomic E-state index is 0.212. The Balaban J connectivity index is 1.77. The molecule has 2 N–H and O–H groups in total. The van der Waals surface area contributed by atoms with Gasteiger partial charge in [-0.2, -0.15) is 5.26 Å². The number of carbonyl (C=O) groups is 1. The molecule has 2 heterocycles. The second kappa shape index (κ2) is 8.31. The standard InChI is InChI=1S/C22H23N5O2/c23-11-4-12-24-22(29)16-13-19-21(25-14-16)27(17-5-2-1-3-6-17)20(26-19)15-7-9-18(28)10-8-15/h7-10,13-14,17,28H,1-6,12H2,(H,24,29). The van der Waals surface area contributed by atoms with E-state index < -0.39 is 0 Å². The number of aromatic nitrogens is 3. The number of hydrogen-bond donors (Lipinski definition) is 2. The Labute approximate surface area is 169 Å². The van der Waals surface area contributed by atoms with Gasteiger partial charge in [0.2, 0.25) is 0 Å². The highest BCUT2D eigenvalue weighted by Crippen LogP contribution is 2.35. The van der Waals surface area contributed by atoms with Crippen molar-refractivity contribution in [1.29, 1.82) is 5.26 Å². The first-order valence-electron chi connectivity index (χ1n) is 10.00. The number of pyridine rings is 1. The van der Waals surface area contributed by atoms with Crippen molar-refractivity contribution in [3.63, 3.8) is 0 Å². The van der Waals surface area contributed by atoms with Crippen molar-refractivity contribution in [3.8, 4) is 23.2 Å². The van der Waals surface area contributed by atoms with Crippen LogP contribution in [-0.2, 0) is 0 Å². The van der Waals surface area contributed by atoms with Crippen LogP contribution in [0, 0.1) is 11.3 Å². The van der Waals surface area contributed by atoms with Gasteiger partial charge in [-0.25, -0.2) is 9.97 Å². The van der Waals surface area contributed by atoms with E-state index in [9.17, 15) is 9.90 Å². The van der Waals surface area contributed by atoms with Crippen molar-refractivity contribution < 1.29 is 9.90 Å². The largest absolute Gasteiger partial charge is 0.508 e. The molecule has 1 aliphatic carbocycles. The van der Waals surface area contributed by atoms with E-state index in [1.54, 1.807) is 24.4 Å². The maximum absolute atomic E-state index is 12.3. The Morgan fingerprint density at radius 1 is 1.24 bits per heavy atom. The number of carbonyl (C=O) groups excluding carboxylic acids is 1. The highest BCUT2D eigenvalue weighted by molar-refractivity contribution is 5.96. The number of nitrogens with one attached hydrogen (secondary N) is 1. The van der Waals surface area contributed by atoms with Gasteiger partial charge in [0.1, 0.15) is 17.1 Å². The predicted molar refractivity (Wildman–Crippen MR) is 109 cm³/mol. The van der Waals surface area contributed by atoms with E-state index in [0.717, 1.165) is 29.9 Å². The van der Waals surface area contributed by atoms with E-state index in [-0.39, 0.29) is 18.1 Å². The van der Waals surface area contributed by atoms with E-state index >= 15 is 0 Å². The maximum Gasteiger partial charge on any atom is 0.252 e. The normalized spacial score (nSPS) is 14.6. The third-order valence-electron chi connectivity index (χ3n) is 5.38. The third-order valence-corrected chi connectivity index (χ3v) is 5.38. The average molecular weight is 389 g/mol. The van der Waals surface area contributed by atoms with Gasteiger partial charge >= 0.3 is 0 Å². The molecule has 0 radical (unpaired) electrons. The van der Waals surface area contributed by atoms with Crippen LogP contribution in [0.1, 0.15) is 54.9 Å². The van der Waals surface area contributed by atoms with Crippen molar-refractivity contribution in [2.24, 2.45) is 0 Å². The van der Waals surface area contributed by atoms with Gasteiger partial charge in [-0.3, -0.25) is 4.79 Å². The molecule has 0 spiro atoms. The van der Waals surface area contributed by atoms with Crippen LogP contribution < -0.4 is 5.32 Å². The number of amides is 1. The summed E-state index contributed by atoms with van der Waals surface area (Å²) in [5.74, 6) is 0.762. The summed E-state index contributed by atoms with van der Waals surface area (Å²) in [4.78, 5) is 21.7. The highest BCUT2D eigenvalue weighted by atomic mass is 16.3. The van der Waals surface area contributed by atoms with Crippen LogP contribution in [0.4, 0.5) is 0 Å². The SMILES string of the molecule is N#CCCNC(=O)c1cnc2c(c1)nc(-c1ccc(O)cc1)n2C1CCCCC1. The third kappa shape index (κ3) is 3.92. The average Bonchev–Trinajstić information content (AvgIpc) is 3.13. The van der Waals surface area contributed by atoms with Crippen LogP contribution in [0.5, 0.6) is 5.75 Å². The molecule has 1 aliphatic rings. The van der Waals surface area contributed by atoms with E-state index in [0.29, 0.717) is 23.7 Å². The minimum atomic E-state index is -0.256. The summed E-state index contributed by atoms with van der Waals surface area (Å²) < 4.78 is 2.19. The Kier molecular flexibility index (Phi) is 5.43. The quantitative estimate of drug-likeness (QED) is 0.643. The number of nitrogens with zero attached hydrogens (tertiary/aromatic N) is 4. The molecule has 7 nitrogen and oxygen atoms in total. The topological polar surface area (TPSA) is 104 Å². The lowest BCUT2D eigenvalue weighted by Crippen LogP contribution is -2.24. The molecule has 0 bridgehead atoms. The smallest absolute Gasteiger partial charge is 0.252 e. The van der Waals surface area contributed by atoms with Gasteiger partial charge in [-0.05, 0) is 43.2 Å². The summed E-state index contributed by atoms with van der Waals surface area (Å²) in [6, 6.07) is 11.1. The number of benzene rings is 1. The molecule has 0 saturated heterocycles. The van der Waals surface area contributed by atoms with Gasteiger partial charge in [0, 0.05) is 24.3 Å². The Morgan fingerprint density at radius 3 is 2.72 bits per heavy atom. The van der Waals surface area contributed by atoms with Crippen LogP contribution in [0.15, 0.2) is 36.5 Å². The number of fused-ring (bicyclic) bond motifs is 1. The van der Waals surface area contributed by atoms with E-state index in [1.165, 1.54) is 19.3 Å². The van der Waals surface area contributed by atoms with Crippen LogP contribution >= 0.6 is 0 Å². The van der Waals surface area contributed by atoms with Gasteiger partial charge in [-0.1, -0.05) is 19.3 Å². The summed E-state index contributed by atoms with van der Waals surface area (Å²) in [5.41, 5.74) is 2.78. The first-order valence-corrected chi connectivity index (χ1v) is 10.00. The molecular weight excluding hydrogens is 366 g/mol. The maximum atomic E-state index is 12.3. The molecule has 4 rings (SSSR count). The highest BCUT2D eigenvalue weighted by Gasteiger charge is 2.23. The zero-order valence-electron chi connectivity index (χ0n) is 16.1. The summed E-state index contributed by atoms with van der Waals surface area (Å²) in [6.07, 6.45) is 7.60. The van der Waals surface area contributed by atoms with Gasteiger partial charge in [0.15, 0.2) is 5.65 Å². The van der Waals surface area contributed by atoms with E-state index in [2.05, 4.69) is 14.9 Å². The fraction of sp³-hybridized carbons (Fsp3) is 0.364. The first kappa shape index (κ1) is 18.9. The number of aromatic hydroxyl groups is 1. The number of rotatable bonds is 5. The number of imidazole rings is 1. The van der Waals surface area contributed by atoms with Crippen LogP contribution in [-0.4, -0.2) is 32.1 Å². The molecule has 1 aromatic carbocycles. The molecule has 0 aliphatic heterocycles. The molecule has 0 atom stereocenters. The van der Waals surface area contributed by atoms with E-state index in [1.807, 2.05) is 18.2 Å². The molecule has 7 heteroatoms. The van der Waals surface area contributed by atoms with Crippen LogP contribution in [0.3, 0.4) is 0 Å². The Hall–Kier alpha value is -3.40. The molecular formula is C22H23N5O2. The summed E-state index contributed by atoms with van der Waals surface area (Å²) >= 11 is 0. The number of nitriles is 1. The Bertz CT molecular complexity index is 1060. The van der Waals surface area contributed by atoms with Crippen LogP contribution in [0.25, 0.3) is 22.6 Å². The van der Waals surface area contributed by atoms with Gasteiger partial charge in [-0.15, -0.1) is 0 Å². The lowest BCUT2D eigenvalue weighted by molar-refractivity contribution is 0.0954. The molecule has 1 saturated carbocycles.